The van der Waals surface area contributed by atoms with E-state index in [1.54, 1.807) is 0 Å². The maximum Gasteiger partial charge on any atom is 0.124 e. The van der Waals surface area contributed by atoms with E-state index < -0.39 is 0 Å². The second-order valence-electron chi connectivity index (χ2n) is 4.68. The number of aromatic nitrogens is 4. The van der Waals surface area contributed by atoms with Gasteiger partial charge in [0.1, 0.15) is 5.82 Å². The average Bonchev–Trinajstić information content (AvgIpc) is 2.99. The second-order valence-corrected chi connectivity index (χ2v) is 5.86. The van der Waals surface area contributed by atoms with E-state index in [-0.39, 0.29) is 0 Å². The summed E-state index contributed by atoms with van der Waals surface area (Å²) >= 11 is 9.52. The van der Waals surface area contributed by atoms with Gasteiger partial charge in [-0.05, 0) is 24.3 Å². The van der Waals surface area contributed by atoms with Crippen molar-refractivity contribution in [2.24, 2.45) is 7.05 Å². The minimum Gasteiger partial charge on any atom is -0.327 e. The van der Waals surface area contributed by atoms with Gasteiger partial charge in [0.05, 0.1) is 22.6 Å². The minimum absolute atomic E-state index is 0.411. The largest absolute Gasteiger partial charge is 0.327 e. The van der Waals surface area contributed by atoms with Crippen molar-refractivity contribution in [3.8, 4) is 0 Å². The molecule has 3 rings (SSSR count). The molecule has 3 aromatic rings. The molecular formula is C14H14BrClN4. The molecule has 0 fully saturated rings. The van der Waals surface area contributed by atoms with Gasteiger partial charge in [-0.1, -0.05) is 15.9 Å². The molecule has 6 heteroatoms. The Labute approximate surface area is 130 Å². The van der Waals surface area contributed by atoms with Gasteiger partial charge in [0.25, 0.3) is 0 Å². The van der Waals surface area contributed by atoms with Crippen LogP contribution in [0.2, 0.25) is 0 Å². The van der Waals surface area contributed by atoms with E-state index in [0.717, 1.165) is 40.0 Å². The molecule has 0 aliphatic carbocycles. The van der Waals surface area contributed by atoms with Crippen molar-refractivity contribution in [3.05, 3.63) is 46.5 Å². The molecule has 0 radical (unpaired) electrons. The lowest BCUT2D eigenvalue weighted by atomic mass is 10.3. The van der Waals surface area contributed by atoms with Gasteiger partial charge in [0.15, 0.2) is 0 Å². The first-order chi connectivity index (χ1) is 9.67. The van der Waals surface area contributed by atoms with Gasteiger partial charge in [-0.15, -0.1) is 11.6 Å². The van der Waals surface area contributed by atoms with E-state index in [4.69, 9.17) is 11.6 Å². The van der Waals surface area contributed by atoms with Crippen molar-refractivity contribution in [1.29, 1.82) is 0 Å². The Bertz CT molecular complexity index is 747. The fraction of sp³-hybridized carbons (Fsp3) is 0.286. The summed E-state index contributed by atoms with van der Waals surface area (Å²) in [7, 11) is 1.93. The van der Waals surface area contributed by atoms with Crippen LogP contribution in [0.5, 0.6) is 0 Å². The average molecular weight is 354 g/mol. The summed E-state index contributed by atoms with van der Waals surface area (Å²) in [5.41, 5.74) is 3.15. The third-order valence-corrected chi connectivity index (χ3v) is 4.00. The molecule has 0 atom stereocenters. The number of benzene rings is 1. The summed E-state index contributed by atoms with van der Waals surface area (Å²) < 4.78 is 5.03. The summed E-state index contributed by atoms with van der Waals surface area (Å²) in [6, 6.07) is 8.12. The molecule has 2 heterocycles. The predicted molar refractivity (Wildman–Crippen MR) is 83.9 cm³/mol. The summed E-state index contributed by atoms with van der Waals surface area (Å²) in [6.45, 7) is 0.825. The summed E-state index contributed by atoms with van der Waals surface area (Å²) in [4.78, 5) is 4.57. The van der Waals surface area contributed by atoms with Gasteiger partial charge >= 0.3 is 0 Å². The van der Waals surface area contributed by atoms with Crippen LogP contribution < -0.4 is 0 Å². The predicted octanol–water partition coefficient (Wildman–Crippen LogP) is 3.51. The highest BCUT2D eigenvalue weighted by atomic mass is 79.9. The van der Waals surface area contributed by atoms with Crippen LogP contribution in [0.3, 0.4) is 0 Å². The third-order valence-electron chi connectivity index (χ3n) is 3.27. The fourth-order valence-corrected chi connectivity index (χ4v) is 2.87. The molecule has 2 aromatic heterocycles. The van der Waals surface area contributed by atoms with Crippen LogP contribution in [0.25, 0.3) is 11.0 Å². The quantitative estimate of drug-likeness (QED) is 0.673. The maximum absolute atomic E-state index is 6.01. The first-order valence-corrected chi connectivity index (χ1v) is 7.69. The summed E-state index contributed by atoms with van der Waals surface area (Å²) in [6.07, 6.45) is 2.82. The van der Waals surface area contributed by atoms with Gasteiger partial charge in [-0.25, -0.2) is 4.98 Å². The van der Waals surface area contributed by atoms with E-state index in [2.05, 4.69) is 36.6 Å². The van der Waals surface area contributed by atoms with Crippen LogP contribution in [0, 0.1) is 0 Å². The van der Waals surface area contributed by atoms with E-state index >= 15 is 0 Å². The molecule has 0 aliphatic heterocycles. The number of hydrogen-bond acceptors (Lipinski definition) is 2. The molecule has 1 aromatic carbocycles. The van der Waals surface area contributed by atoms with E-state index in [1.165, 1.54) is 0 Å². The van der Waals surface area contributed by atoms with Crippen molar-refractivity contribution >= 4 is 38.6 Å². The third kappa shape index (κ3) is 2.60. The number of halogens is 2. The monoisotopic (exact) mass is 352 g/mol. The lowest BCUT2D eigenvalue weighted by Crippen LogP contribution is -2.05. The zero-order valence-corrected chi connectivity index (χ0v) is 13.4. The summed E-state index contributed by atoms with van der Waals surface area (Å²) in [5, 5.41) is 4.40. The highest BCUT2D eigenvalue weighted by Crippen LogP contribution is 2.22. The Hall–Kier alpha value is -1.33. The van der Waals surface area contributed by atoms with Crippen molar-refractivity contribution in [2.75, 3.05) is 0 Å². The molecule has 0 saturated heterocycles. The van der Waals surface area contributed by atoms with Crippen LogP contribution in [0.4, 0.5) is 0 Å². The molecule has 0 amide bonds. The SMILES string of the molecule is Cn1ccc(CCn2c(CCl)nc3ccc(Br)cc32)n1. The van der Waals surface area contributed by atoms with E-state index in [0.29, 0.717) is 5.88 Å². The van der Waals surface area contributed by atoms with Crippen molar-refractivity contribution in [3.63, 3.8) is 0 Å². The number of imidazole rings is 1. The highest BCUT2D eigenvalue weighted by Gasteiger charge is 2.10. The number of hydrogen-bond donors (Lipinski definition) is 0. The van der Waals surface area contributed by atoms with Crippen LogP contribution in [0.15, 0.2) is 34.9 Å². The van der Waals surface area contributed by atoms with Gasteiger partial charge in [-0.3, -0.25) is 4.68 Å². The second kappa shape index (κ2) is 5.58. The molecule has 0 bridgehead atoms. The van der Waals surface area contributed by atoms with E-state index in [1.807, 2.05) is 36.1 Å². The Morgan fingerprint density at radius 3 is 2.85 bits per heavy atom. The first kappa shape index (κ1) is 13.6. The van der Waals surface area contributed by atoms with Crippen LogP contribution in [-0.2, 0) is 25.9 Å². The minimum atomic E-state index is 0.411. The molecular weight excluding hydrogens is 340 g/mol. The topological polar surface area (TPSA) is 35.6 Å². The molecule has 104 valence electrons. The fourth-order valence-electron chi connectivity index (χ4n) is 2.32. The number of nitrogens with zero attached hydrogens (tertiary/aromatic N) is 4. The van der Waals surface area contributed by atoms with Gasteiger partial charge < -0.3 is 4.57 Å². The highest BCUT2D eigenvalue weighted by molar-refractivity contribution is 9.10. The van der Waals surface area contributed by atoms with Gasteiger partial charge in [-0.2, -0.15) is 5.10 Å². The zero-order valence-electron chi connectivity index (χ0n) is 11.1. The number of aryl methyl sites for hydroxylation is 3. The van der Waals surface area contributed by atoms with Crippen molar-refractivity contribution in [2.45, 2.75) is 18.8 Å². The van der Waals surface area contributed by atoms with Gasteiger partial charge in [0.2, 0.25) is 0 Å². The first-order valence-electron chi connectivity index (χ1n) is 6.36. The lowest BCUT2D eigenvalue weighted by Gasteiger charge is -2.06. The number of rotatable bonds is 4. The zero-order chi connectivity index (χ0) is 14.1. The summed E-state index contributed by atoms with van der Waals surface area (Å²) in [5.74, 6) is 1.31. The molecule has 0 aliphatic rings. The lowest BCUT2D eigenvalue weighted by molar-refractivity contribution is 0.660. The normalized spacial score (nSPS) is 11.3. The van der Waals surface area contributed by atoms with Crippen LogP contribution >= 0.6 is 27.5 Å². The number of alkyl halides is 1. The molecule has 20 heavy (non-hydrogen) atoms. The van der Waals surface area contributed by atoms with E-state index in [9.17, 15) is 0 Å². The van der Waals surface area contributed by atoms with Gasteiger partial charge in [0, 0.05) is 30.7 Å². The van der Waals surface area contributed by atoms with Crippen LogP contribution in [0.1, 0.15) is 11.5 Å². The molecule has 0 N–H and O–H groups in total. The Balaban J connectivity index is 1.94. The molecule has 4 nitrogen and oxygen atoms in total. The smallest absolute Gasteiger partial charge is 0.124 e. The van der Waals surface area contributed by atoms with Crippen molar-refractivity contribution < 1.29 is 0 Å². The Morgan fingerprint density at radius 2 is 2.15 bits per heavy atom. The molecule has 0 spiro atoms. The number of fused-ring (bicyclic) bond motifs is 1. The Kier molecular flexibility index (Phi) is 3.81. The standard InChI is InChI=1S/C14H14BrClN4/c1-19-6-4-11(18-19)5-7-20-13-8-10(15)2-3-12(13)17-14(20)9-16/h2-4,6,8H,5,7,9H2,1H3. The molecule has 0 saturated carbocycles. The van der Waals surface area contributed by atoms with Crippen molar-refractivity contribution in [1.82, 2.24) is 19.3 Å². The molecule has 0 unspecified atom stereocenters. The Morgan fingerprint density at radius 1 is 1.30 bits per heavy atom. The maximum atomic E-state index is 6.01. The van der Waals surface area contributed by atoms with Crippen LogP contribution in [-0.4, -0.2) is 19.3 Å².